The third-order valence-corrected chi connectivity index (χ3v) is 3.13. The summed E-state index contributed by atoms with van der Waals surface area (Å²) in [6.45, 7) is 5.56. The summed E-state index contributed by atoms with van der Waals surface area (Å²) in [6, 6.07) is 2.16. The number of carbonyl (C=O) groups excluding carboxylic acids is 1. The molecule has 1 saturated heterocycles. The first-order chi connectivity index (χ1) is 7.56. The van der Waals surface area contributed by atoms with Gasteiger partial charge in [-0.25, -0.2) is 10.0 Å². The maximum Gasteiger partial charge on any atom is 0.135 e. The molecule has 1 unspecified atom stereocenters. The van der Waals surface area contributed by atoms with Crippen molar-refractivity contribution >= 4 is 6.29 Å². The van der Waals surface area contributed by atoms with E-state index in [1.54, 1.807) is 0 Å². The van der Waals surface area contributed by atoms with Gasteiger partial charge in [0.25, 0.3) is 0 Å². The van der Waals surface area contributed by atoms with Gasteiger partial charge in [0, 0.05) is 18.6 Å². The fourth-order valence-electron chi connectivity index (χ4n) is 2.05. The molecule has 16 heavy (non-hydrogen) atoms. The van der Waals surface area contributed by atoms with Crippen molar-refractivity contribution in [2.75, 3.05) is 19.6 Å². The third kappa shape index (κ3) is 2.59. The molecule has 1 fully saturated rings. The zero-order valence-corrected chi connectivity index (χ0v) is 10.0. The molecule has 0 radical (unpaired) electrons. The smallest absolute Gasteiger partial charge is 0.135 e. The number of aldehydes is 1. The monoisotopic (exact) mass is 224 g/mol. The van der Waals surface area contributed by atoms with Gasteiger partial charge in [-0.15, -0.1) is 0 Å². The van der Waals surface area contributed by atoms with E-state index in [1.165, 1.54) is 0 Å². The highest BCUT2D eigenvalue weighted by Gasteiger charge is 2.36. The minimum absolute atomic E-state index is 0.120. The lowest BCUT2D eigenvalue weighted by Gasteiger charge is -2.43. The van der Waals surface area contributed by atoms with E-state index in [0.717, 1.165) is 25.7 Å². The topological polar surface area (TPSA) is 73.4 Å². The van der Waals surface area contributed by atoms with Crippen LogP contribution >= 0.6 is 0 Å². The van der Waals surface area contributed by atoms with Crippen LogP contribution < -0.4 is 5.73 Å². The average Bonchev–Trinajstić information content (AvgIpc) is 2.73. The van der Waals surface area contributed by atoms with E-state index in [-0.39, 0.29) is 11.6 Å². The molecule has 1 heterocycles. The second kappa shape index (κ2) is 5.39. The Kier molecular flexibility index (Phi) is 4.42. The Balaban J connectivity index is 2.85. The second-order valence-electron chi connectivity index (χ2n) is 4.72. The molecular formula is C11H20N4O. The number of hydrazine groups is 1. The van der Waals surface area contributed by atoms with Crippen molar-refractivity contribution < 1.29 is 4.79 Å². The Hall–Kier alpha value is -0.960. The van der Waals surface area contributed by atoms with Crippen LogP contribution in [0.1, 0.15) is 26.7 Å². The number of nitrogens with zero attached hydrogens (tertiary/aromatic N) is 3. The zero-order valence-electron chi connectivity index (χ0n) is 10.0. The van der Waals surface area contributed by atoms with Gasteiger partial charge in [0.15, 0.2) is 0 Å². The van der Waals surface area contributed by atoms with Gasteiger partial charge in [-0.3, -0.25) is 0 Å². The van der Waals surface area contributed by atoms with Crippen molar-refractivity contribution in [2.45, 2.75) is 38.3 Å². The molecule has 0 aliphatic carbocycles. The van der Waals surface area contributed by atoms with Gasteiger partial charge in [-0.05, 0) is 26.7 Å². The summed E-state index contributed by atoms with van der Waals surface area (Å²) in [7, 11) is 0. The Labute approximate surface area is 96.8 Å². The summed E-state index contributed by atoms with van der Waals surface area (Å²) in [4.78, 5) is 10.7. The first kappa shape index (κ1) is 13.1. The molecule has 1 atom stereocenters. The third-order valence-electron chi connectivity index (χ3n) is 3.13. The highest BCUT2D eigenvalue weighted by Crippen LogP contribution is 2.24. The van der Waals surface area contributed by atoms with E-state index < -0.39 is 0 Å². The first-order valence-corrected chi connectivity index (χ1v) is 5.64. The van der Waals surface area contributed by atoms with Crippen LogP contribution in [-0.4, -0.2) is 47.5 Å². The molecule has 0 amide bonds. The molecule has 0 aromatic heterocycles. The van der Waals surface area contributed by atoms with Crippen molar-refractivity contribution in [3.05, 3.63) is 0 Å². The Morgan fingerprint density at radius 1 is 1.69 bits per heavy atom. The molecule has 90 valence electrons. The van der Waals surface area contributed by atoms with Crippen LogP contribution in [0.4, 0.5) is 0 Å². The van der Waals surface area contributed by atoms with Crippen LogP contribution in [0.2, 0.25) is 0 Å². The van der Waals surface area contributed by atoms with E-state index >= 15 is 0 Å². The zero-order chi connectivity index (χ0) is 12.2. The summed E-state index contributed by atoms with van der Waals surface area (Å²) in [5.41, 5.74) is 5.43. The summed E-state index contributed by atoms with van der Waals surface area (Å²) < 4.78 is 0. The highest BCUT2D eigenvalue weighted by molar-refractivity contribution is 5.52. The highest BCUT2D eigenvalue weighted by atomic mass is 16.1. The van der Waals surface area contributed by atoms with Gasteiger partial charge >= 0.3 is 0 Å². The molecule has 0 aromatic rings. The molecule has 0 bridgehead atoms. The summed E-state index contributed by atoms with van der Waals surface area (Å²) >= 11 is 0. The number of carbonyl (C=O) groups is 1. The lowest BCUT2D eigenvalue weighted by molar-refractivity contribution is -0.125. The average molecular weight is 224 g/mol. The molecule has 1 rings (SSSR count). The minimum atomic E-state index is -0.291. The molecule has 1 aliphatic heterocycles. The standard InChI is InChI=1S/C11H20N4O/c1-11(2,9-13)15(6-7-16)14-5-3-4-10(14)8-12/h7,10H,3-6,9,13H2,1-2H3. The fraction of sp³-hybridized carbons (Fsp3) is 0.818. The Morgan fingerprint density at radius 3 is 2.88 bits per heavy atom. The number of hydrogen-bond acceptors (Lipinski definition) is 5. The summed E-state index contributed by atoms with van der Waals surface area (Å²) in [5.74, 6) is 0. The summed E-state index contributed by atoms with van der Waals surface area (Å²) in [6.07, 6.45) is 2.73. The largest absolute Gasteiger partial charge is 0.329 e. The molecule has 5 nitrogen and oxygen atoms in total. The van der Waals surface area contributed by atoms with Crippen LogP contribution in [0.3, 0.4) is 0 Å². The second-order valence-corrected chi connectivity index (χ2v) is 4.72. The van der Waals surface area contributed by atoms with Crippen molar-refractivity contribution in [3.63, 3.8) is 0 Å². The molecule has 1 aliphatic rings. The van der Waals surface area contributed by atoms with E-state index in [0.29, 0.717) is 13.1 Å². The lowest BCUT2D eigenvalue weighted by Crippen LogP contribution is -2.59. The van der Waals surface area contributed by atoms with E-state index in [4.69, 9.17) is 11.0 Å². The van der Waals surface area contributed by atoms with Gasteiger partial charge in [-0.2, -0.15) is 5.26 Å². The predicted octanol–water partition coefficient (Wildman–Crippen LogP) is 0.128. The number of nitriles is 1. The number of rotatable bonds is 5. The van der Waals surface area contributed by atoms with Gasteiger partial charge in [0.2, 0.25) is 0 Å². The number of hydrogen-bond donors (Lipinski definition) is 1. The summed E-state index contributed by atoms with van der Waals surface area (Å²) in [5, 5.41) is 13.0. The van der Waals surface area contributed by atoms with Gasteiger partial charge in [0.1, 0.15) is 12.3 Å². The van der Waals surface area contributed by atoms with Crippen LogP contribution in [0.5, 0.6) is 0 Å². The first-order valence-electron chi connectivity index (χ1n) is 5.64. The Morgan fingerprint density at radius 2 is 2.38 bits per heavy atom. The van der Waals surface area contributed by atoms with E-state index in [1.807, 2.05) is 23.9 Å². The van der Waals surface area contributed by atoms with Crippen molar-refractivity contribution in [1.29, 1.82) is 5.26 Å². The maximum atomic E-state index is 10.7. The van der Waals surface area contributed by atoms with Crippen molar-refractivity contribution in [1.82, 2.24) is 10.0 Å². The van der Waals surface area contributed by atoms with Crippen LogP contribution in [-0.2, 0) is 4.79 Å². The fourth-order valence-corrected chi connectivity index (χ4v) is 2.05. The van der Waals surface area contributed by atoms with Crippen LogP contribution in [0.15, 0.2) is 0 Å². The quantitative estimate of drug-likeness (QED) is 0.672. The molecule has 0 saturated carbocycles. The lowest BCUT2D eigenvalue weighted by atomic mass is 10.1. The molecule has 5 heteroatoms. The number of nitrogens with two attached hydrogens (primary N) is 1. The van der Waals surface area contributed by atoms with Crippen LogP contribution in [0, 0.1) is 11.3 Å². The molecule has 0 spiro atoms. The van der Waals surface area contributed by atoms with Gasteiger partial charge in [-0.1, -0.05) is 0 Å². The molecule has 2 N–H and O–H groups in total. The SMILES string of the molecule is CC(C)(CN)N(CC=O)N1CCCC1C#N. The van der Waals surface area contributed by atoms with Crippen molar-refractivity contribution in [3.8, 4) is 6.07 Å². The Bertz CT molecular complexity index is 284. The minimum Gasteiger partial charge on any atom is -0.329 e. The van der Waals surface area contributed by atoms with Gasteiger partial charge in [0.05, 0.1) is 12.6 Å². The normalized spacial score (nSPS) is 22.3. The molecule has 0 aromatic carbocycles. The van der Waals surface area contributed by atoms with Crippen molar-refractivity contribution in [2.24, 2.45) is 5.73 Å². The van der Waals surface area contributed by atoms with E-state index in [2.05, 4.69) is 6.07 Å². The van der Waals surface area contributed by atoms with E-state index in [9.17, 15) is 4.79 Å². The molecular weight excluding hydrogens is 204 g/mol. The predicted molar refractivity (Wildman–Crippen MR) is 61.2 cm³/mol. The van der Waals surface area contributed by atoms with Crippen LogP contribution in [0.25, 0.3) is 0 Å². The van der Waals surface area contributed by atoms with Gasteiger partial charge < -0.3 is 10.5 Å². The maximum absolute atomic E-state index is 10.7.